The lowest BCUT2D eigenvalue weighted by Gasteiger charge is -2.11. The number of hydrogen-bond donors (Lipinski definition) is 1. The van der Waals surface area contributed by atoms with E-state index in [1.54, 1.807) is 12.1 Å². The fraction of sp³-hybridized carbons (Fsp3) is 0.250. The molecule has 0 amide bonds. The van der Waals surface area contributed by atoms with Gasteiger partial charge in [-0.2, -0.15) is 9.97 Å². The van der Waals surface area contributed by atoms with Crippen molar-refractivity contribution in [2.45, 2.75) is 6.54 Å². The molecule has 116 valence electrons. The van der Waals surface area contributed by atoms with E-state index in [0.717, 1.165) is 12.1 Å². The van der Waals surface area contributed by atoms with Crippen molar-refractivity contribution < 1.29 is 14.2 Å². The smallest absolute Gasteiger partial charge is 0.328 e. The van der Waals surface area contributed by atoms with E-state index in [4.69, 9.17) is 14.2 Å². The Balaban J connectivity index is 2.21. The molecule has 22 heavy (non-hydrogen) atoms. The van der Waals surface area contributed by atoms with E-state index in [0.29, 0.717) is 24.1 Å². The summed E-state index contributed by atoms with van der Waals surface area (Å²) in [5.74, 6) is 1.43. The summed E-state index contributed by atoms with van der Waals surface area (Å²) in [5, 5.41) is 3.23. The Bertz CT molecular complexity index is 610. The predicted molar refractivity (Wildman–Crippen MR) is 83.6 cm³/mol. The maximum atomic E-state index is 5.78. The van der Waals surface area contributed by atoms with Crippen molar-refractivity contribution in [3.8, 4) is 23.5 Å². The molecule has 0 bridgehead atoms. The van der Waals surface area contributed by atoms with Gasteiger partial charge in [0.15, 0.2) is 0 Å². The molecule has 2 aromatic rings. The Kier molecular flexibility index (Phi) is 5.73. The first-order valence-electron chi connectivity index (χ1n) is 6.81. The van der Waals surface area contributed by atoms with Crippen LogP contribution in [0.5, 0.6) is 23.5 Å². The van der Waals surface area contributed by atoms with Crippen LogP contribution >= 0.6 is 0 Å². The van der Waals surface area contributed by atoms with Crippen molar-refractivity contribution in [1.29, 1.82) is 0 Å². The van der Waals surface area contributed by atoms with Gasteiger partial charge in [0.1, 0.15) is 5.75 Å². The molecule has 0 aliphatic carbocycles. The second-order valence-corrected chi connectivity index (χ2v) is 4.36. The third-order valence-electron chi connectivity index (χ3n) is 2.85. The zero-order chi connectivity index (χ0) is 15.8. The number of nitrogens with one attached hydrogen (secondary N) is 1. The van der Waals surface area contributed by atoms with Crippen molar-refractivity contribution in [3.63, 3.8) is 0 Å². The van der Waals surface area contributed by atoms with E-state index in [9.17, 15) is 0 Å². The van der Waals surface area contributed by atoms with Gasteiger partial charge in [0.2, 0.25) is 11.8 Å². The van der Waals surface area contributed by atoms with Crippen molar-refractivity contribution in [1.82, 2.24) is 15.3 Å². The molecule has 0 unspecified atom stereocenters. The molecule has 1 aromatic carbocycles. The fourth-order valence-corrected chi connectivity index (χ4v) is 1.80. The lowest BCUT2D eigenvalue weighted by Crippen LogP contribution is -2.13. The summed E-state index contributed by atoms with van der Waals surface area (Å²) in [6.45, 7) is 5.05. The first-order chi connectivity index (χ1) is 10.8. The van der Waals surface area contributed by atoms with E-state index >= 15 is 0 Å². The summed E-state index contributed by atoms with van der Waals surface area (Å²) in [5.41, 5.74) is 0.995. The molecule has 6 heteroatoms. The number of methoxy groups -OCH3 is 2. The molecule has 1 N–H and O–H groups in total. The minimum atomic E-state index is 0.173. The minimum absolute atomic E-state index is 0.173. The number of benzene rings is 1. The zero-order valence-corrected chi connectivity index (χ0v) is 12.7. The zero-order valence-electron chi connectivity index (χ0n) is 12.7. The van der Waals surface area contributed by atoms with Gasteiger partial charge < -0.3 is 19.5 Å². The van der Waals surface area contributed by atoms with Gasteiger partial charge >= 0.3 is 6.01 Å². The molecule has 0 saturated carbocycles. The van der Waals surface area contributed by atoms with E-state index in [2.05, 4.69) is 21.9 Å². The number of aromatic nitrogens is 2. The highest BCUT2D eigenvalue weighted by Gasteiger charge is 2.10. The molecule has 0 saturated heterocycles. The number of nitrogens with zero attached hydrogens (tertiary/aromatic N) is 2. The molecule has 1 aromatic heterocycles. The Morgan fingerprint density at radius 3 is 2.45 bits per heavy atom. The van der Waals surface area contributed by atoms with Gasteiger partial charge in [0.25, 0.3) is 0 Å². The largest absolute Gasteiger partial charge is 0.481 e. The molecule has 6 nitrogen and oxygen atoms in total. The van der Waals surface area contributed by atoms with Crippen LogP contribution in [0, 0.1) is 0 Å². The molecule has 1 heterocycles. The molecule has 0 atom stereocenters. The fourth-order valence-electron chi connectivity index (χ4n) is 1.80. The molecular weight excluding hydrogens is 282 g/mol. The van der Waals surface area contributed by atoms with E-state index in [-0.39, 0.29) is 6.01 Å². The van der Waals surface area contributed by atoms with Crippen LogP contribution in [-0.2, 0) is 6.54 Å². The summed E-state index contributed by atoms with van der Waals surface area (Å²) in [6.07, 6.45) is 1.81. The number of para-hydroxylation sites is 1. The first kappa shape index (κ1) is 15.8. The standard InChI is InChI=1S/C16H19N3O3/c1-4-9-17-11-12-7-5-6-8-13(12)22-16-18-14(20-2)10-15(19-16)21-3/h4-8,10,17H,1,9,11H2,2-3H3. The summed E-state index contributed by atoms with van der Waals surface area (Å²) in [7, 11) is 3.05. The van der Waals surface area contributed by atoms with Gasteiger partial charge in [-0.1, -0.05) is 24.3 Å². The van der Waals surface area contributed by atoms with Crippen LogP contribution in [0.15, 0.2) is 43.0 Å². The van der Waals surface area contributed by atoms with E-state index < -0.39 is 0 Å². The Hall–Kier alpha value is -2.60. The van der Waals surface area contributed by atoms with Crippen LogP contribution in [0.2, 0.25) is 0 Å². The Morgan fingerprint density at radius 2 is 1.82 bits per heavy atom. The van der Waals surface area contributed by atoms with Crippen molar-refractivity contribution in [2.75, 3.05) is 20.8 Å². The second kappa shape index (κ2) is 7.99. The van der Waals surface area contributed by atoms with Crippen molar-refractivity contribution in [3.05, 3.63) is 48.6 Å². The molecule has 0 radical (unpaired) electrons. The summed E-state index contributed by atoms with van der Waals surface area (Å²) in [4.78, 5) is 8.32. The lowest BCUT2D eigenvalue weighted by molar-refractivity contribution is 0.347. The molecule has 0 aliphatic rings. The maximum absolute atomic E-state index is 5.78. The maximum Gasteiger partial charge on any atom is 0.328 e. The Labute approximate surface area is 129 Å². The minimum Gasteiger partial charge on any atom is -0.481 e. The van der Waals surface area contributed by atoms with Gasteiger partial charge in [-0.15, -0.1) is 6.58 Å². The lowest BCUT2D eigenvalue weighted by atomic mass is 10.2. The number of ether oxygens (including phenoxy) is 3. The van der Waals surface area contributed by atoms with Gasteiger partial charge in [-0.05, 0) is 6.07 Å². The predicted octanol–water partition coefficient (Wildman–Crippen LogP) is 2.56. The monoisotopic (exact) mass is 301 g/mol. The third-order valence-corrected chi connectivity index (χ3v) is 2.85. The van der Waals surface area contributed by atoms with Crippen molar-refractivity contribution in [2.24, 2.45) is 0 Å². The molecule has 0 aliphatic heterocycles. The molecule has 0 fully saturated rings. The van der Waals surface area contributed by atoms with E-state index in [1.165, 1.54) is 14.2 Å². The summed E-state index contributed by atoms with van der Waals surface area (Å²) in [6, 6.07) is 9.44. The summed E-state index contributed by atoms with van der Waals surface area (Å²) >= 11 is 0. The van der Waals surface area contributed by atoms with Crippen LogP contribution in [0.3, 0.4) is 0 Å². The number of hydrogen-bond acceptors (Lipinski definition) is 6. The molecule has 0 spiro atoms. The Morgan fingerprint density at radius 1 is 1.14 bits per heavy atom. The molecule has 2 rings (SSSR count). The molecular formula is C16H19N3O3. The van der Waals surface area contributed by atoms with Crippen LogP contribution in [0.25, 0.3) is 0 Å². The highest BCUT2D eigenvalue weighted by atomic mass is 16.5. The number of rotatable bonds is 8. The SMILES string of the molecule is C=CCNCc1ccccc1Oc1nc(OC)cc(OC)n1. The third kappa shape index (κ3) is 4.20. The topological polar surface area (TPSA) is 65.5 Å². The highest BCUT2D eigenvalue weighted by Crippen LogP contribution is 2.26. The quantitative estimate of drug-likeness (QED) is 0.597. The normalized spacial score (nSPS) is 10.1. The van der Waals surface area contributed by atoms with Crippen molar-refractivity contribution >= 4 is 0 Å². The van der Waals surface area contributed by atoms with Gasteiger partial charge in [-0.3, -0.25) is 0 Å². The van der Waals surface area contributed by atoms with Crippen LogP contribution < -0.4 is 19.5 Å². The van der Waals surface area contributed by atoms with Crippen LogP contribution in [0.4, 0.5) is 0 Å². The first-order valence-corrected chi connectivity index (χ1v) is 6.81. The summed E-state index contributed by atoms with van der Waals surface area (Å²) < 4.78 is 16.0. The van der Waals surface area contributed by atoms with Gasteiger partial charge in [-0.25, -0.2) is 0 Å². The van der Waals surface area contributed by atoms with Crippen LogP contribution in [-0.4, -0.2) is 30.7 Å². The highest BCUT2D eigenvalue weighted by molar-refractivity contribution is 5.36. The van der Waals surface area contributed by atoms with Gasteiger partial charge in [0.05, 0.1) is 20.3 Å². The second-order valence-electron chi connectivity index (χ2n) is 4.36. The van der Waals surface area contributed by atoms with Gasteiger partial charge in [0, 0.05) is 18.7 Å². The van der Waals surface area contributed by atoms with Crippen LogP contribution in [0.1, 0.15) is 5.56 Å². The average molecular weight is 301 g/mol. The average Bonchev–Trinajstić information content (AvgIpc) is 2.56. The van der Waals surface area contributed by atoms with E-state index in [1.807, 2.05) is 24.3 Å².